The largest absolute Gasteiger partial charge is 0.492 e. The Morgan fingerprint density at radius 3 is 2.34 bits per heavy atom. The Hall–Kier alpha value is -3.07. The molecule has 1 aliphatic carbocycles. The Kier molecular flexibility index (Phi) is 11.0. The molecule has 1 atom stereocenters. The van der Waals surface area contributed by atoms with Gasteiger partial charge in [0.05, 0.1) is 18.6 Å². The third kappa shape index (κ3) is 8.48. The predicted molar refractivity (Wildman–Crippen MR) is 151 cm³/mol. The van der Waals surface area contributed by atoms with E-state index >= 15 is 0 Å². The van der Waals surface area contributed by atoms with Crippen molar-refractivity contribution in [2.75, 3.05) is 30.3 Å². The molecule has 0 aromatic heterocycles. The van der Waals surface area contributed by atoms with Gasteiger partial charge >= 0.3 is 0 Å². The first-order valence-corrected chi connectivity index (χ1v) is 15.4. The van der Waals surface area contributed by atoms with Gasteiger partial charge in [-0.15, -0.1) is 0 Å². The first-order valence-electron chi connectivity index (χ1n) is 13.5. The highest BCUT2D eigenvalue weighted by atomic mass is 32.2. The van der Waals surface area contributed by atoms with E-state index < -0.39 is 16.1 Å². The second-order valence-electron chi connectivity index (χ2n) is 9.83. The summed E-state index contributed by atoms with van der Waals surface area (Å²) in [6.45, 7) is 4.56. The van der Waals surface area contributed by atoms with E-state index in [4.69, 9.17) is 4.74 Å². The number of nitrogens with one attached hydrogen (secondary N) is 1. The summed E-state index contributed by atoms with van der Waals surface area (Å²) in [4.78, 5) is 28.1. The molecule has 0 saturated heterocycles. The van der Waals surface area contributed by atoms with Gasteiger partial charge in [0.1, 0.15) is 11.8 Å². The first kappa shape index (κ1) is 29.5. The van der Waals surface area contributed by atoms with Gasteiger partial charge in [0.2, 0.25) is 21.8 Å². The van der Waals surface area contributed by atoms with Crippen molar-refractivity contribution in [3.63, 3.8) is 0 Å². The number of anilines is 1. The number of hydrogen-bond donors (Lipinski definition) is 1. The fraction of sp³-hybridized carbons (Fsp3) is 0.517. The zero-order valence-corrected chi connectivity index (χ0v) is 23.6. The molecule has 1 saturated carbocycles. The summed E-state index contributed by atoms with van der Waals surface area (Å²) in [5.74, 6) is 0.178. The van der Waals surface area contributed by atoms with E-state index in [1.807, 2.05) is 37.3 Å². The number of ether oxygens (including phenoxy) is 1. The van der Waals surface area contributed by atoms with Crippen molar-refractivity contribution < 1.29 is 22.7 Å². The molecule has 1 fully saturated rings. The molecule has 1 N–H and O–H groups in total. The zero-order chi connectivity index (χ0) is 27.5. The van der Waals surface area contributed by atoms with Gasteiger partial charge in [-0.25, -0.2) is 8.42 Å². The minimum Gasteiger partial charge on any atom is -0.492 e. The lowest BCUT2D eigenvalue weighted by Crippen LogP contribution is -2.50. The van der Waals surface area contributed by atoms with E-state index in [1.54, 1.807) is 36.1 Å². The summed E-state index contributed by atoms with van der Waals surface area (Å²) >= 11 is 0. The number of sulfonamides is 1. The van der Waals surface area contributed by atoms with Gasteiger partial charge < -0.3 is 15.0 Å². The summed E-state index contributed by atoms with van der Waals surface area (Å²) in [6.07, 6.45) is 6.38. The van der Waals surface area contributed by atoms with Gasteiger partial charge in [0.15, 0.2) is 0 Å². The van der Waals surface area contributed by atoms with Crippen molar-refractivity contribution in [3.8, 4) is 5.75 Å². The molecular formula is C29H41N3O5S. The lowest BCUT2D eigenvalue weighted by molar-refractivity contribution is -0.140. The van der Waals surface area contributed by atoms with E-state index in [-0.39, 0.29) is 30.8 Å². The minimum atomic E-state index is -3.60. The number of nitrogens with zero attached hydrogens (tertiary/aromatic N) is 2. The Labute approximate surface area is 227 Å². The maximum atomic E-state index is 13.4. The molecule has 2 amide bonds. The van der Waals surface area contributed by atoms with Crippen LogP contribution in [0.25, 0.3) is 0 Å². The third-order valence-electron chi connectivity index (χ3n) is 6.94. The van der Waals surface area contributed by atoms with Crippen molar-refractivity contribution in [2.45, 2.75) is 70.9 Å². The quantitative estimate of drug-likeness (QED) is 0.386. The number of benzene rings is 2. The van der Waals surface area contributed by atoms with Crippen LogP contribution in [-0.2, 0) is 26.0 Å². The highest BCUT2D eigenvalue weighted by Crippen LogP contribution is 2.30. The van der Waals surface area contributed by atoms with Crippen molar-refractivity contribution in [2.24, 2.45) is 0 Å². The Morgan fingerprint density at radius 1 is 1.03 bits per heavy atom. The number of rotatable bonds is 14. The second kappa shape index (κ2) is 14.2. The molecule has 3 rings (SSSR count). The number of amides is 2. The number of hydrogen-bond acceptors (Lipinski definition) is 5. The van der Waals surface area contributed by atoms with Gasteiger partial charge in [-0.2, -0.15) is 0 Å². The molecule has 0 heterocycles. The topological polar surface area (TPSA) is 96.0 Å². The molecule has 0 unspecified atom stereocenters. The molecule has 2 aromatic carbocycles. The van der Waals surface area contributed by atoms with Crippen LogP contribution in [0.15, 0.2) is 54.6 Å². The summed E-state index contributed by atoms with van der Waals surface area (Å²) in [6, 6.07) is 16.4. The number of carbonyl (C=O) groups is 2. The summed E-state index contributed by atoms with van der Waals surface area (Å²) in [5, 5.41) is 3.11. The highest BCUT2D eigenvalue weighted by molar-refractivity contribution is 7.92. The maximum absolute atomic E-state index is 13.4. The highest BCUT2D eigenvalue weighted by Gasteiger charge is 2.28. The van der Waals surface area contributed by atoms with Crippen LogP contribution in [0.2, 0.25) is 0 Å². The summed E-state index contributed by atoms with van der Waals surface area (Å²) in [7, 11) is -3.60. The Bertz CT molecular complexity index is 1150. The lowest BCUT2D eigenvalue weighted by atomic mass is 10.1. The average Bonchev–Trinajstić information content (AvgIpc) is 3.40. The fourth-order valence-electron chi connectivity index (χ4n) is 4.89. The van der Waals surface area contributed by atoms with Crippen molar-refractivity contribution in [1.29, 1.82) is 0 Å². The van der Waals surface area contributed by atoms with E-state index in [9.17, 15) is 18.0 Å². The van der Waals surface area contributed by atoms with E-state index in [1.165, 1.54) is 4.31 Å². The standard InChI is InChI=1S/C29H41N3O5S/c1-4-37-27-18-11-10-17-26(27)32(38(3,35)36)21-12-19-28(33)31(22-20-24-13-6-5-7-14-24)23(2)29(34)30-25-15-8-9-16-25/h5-7,10-11,13-14,17-18,23,25H,4,8-9,12,15-16,19-22H2,1-3H3,(H,30,34)/t23-/m0/s1. The molecule has 0 radical (unpaired) electrons. The van der Waals surface area contributed by atoms with Crippen LogP contribution in [-0.4, -0.2) is 63.2 Å². The third-order valence-corrected chi connectivity index (χ3v) is 8.12. The second-order valence-corrected chi connectivity index (χ2v) is 11.7. The Balaban J connectivity index is 1.69. The molecule has 2 aromatic rings. The monoisotopic (exact) mass is 543 g/mol. The van der Waals surface area contributed by atoms with Crippen LogP contribution in [0.1, 0.15) is 57.9 Å². The molecule has 1 aliphatic rings. The summed E-state index contributed by atoms with van der Waals surface area (Å²) < 4.78 is 32.2. The van der Waals surface area contributed by atoms with Crippen LogP contribution < -0.4 is 14.4 Å². The molecular weight excluding hydrogens is 502 g/mol. The number of para-hydroxylation sites is 2. The number of carbonyl (C=O) groups excluding carboxylic acids is 2. The van der Waals surface area contributed by atoms with Gasteiger partial charge in [-0.1, -0.05) is 55.3 Å². The summed E-state index contributed by atoms with van der Waals surface area (Å²) in [5.41, 5.74) is 1.54. The lowest BCUT2D eigenvalue weighted by Gasteiger charge is -2.30. The smallest absolute Gasteiger partial charge is 0.242 e. The predicted octanol–water partition coefficient (Wildman–Crippen LogP) is 4.15. The molecule has 0 spiro atoms. The van der Waals surface area contributed by atoms with Crippen LogP contribution in [0, 0.1) is 0 Å². The van der Waals surface area contributed by atoms with Crippen molar-refractivity contribution >= 4 is 27.5 Å². The minimum absolute atomic E-state index is 0.124. The van der Waals surface area contributed by atoms with Crippen LogP contribution in [0.5, 0.6) is 5.75 Å². The average molecular weight is 544 g/mol. The van der Waals surface area contributed by atoms with E-state index in [0.29, 0.717) is 37.4 Å². The maximum Gasteiger partial charge on any atom is 0.242 e. The fourth-order valence-corrected chi connectivity index (χ4v) is 5.85. The van der Waals surface area contributed by atoms with Crippen LogP contribution in [0.4, 0.5) is 5.69 Å². The first-order chi connectivity index (χ1) is 18.2. The SMILES string of the molecule is CCOc1ccccc1N(CCCC(=O)N(CCc1ccccc1)[C@@H](C)C(=O)NC1CCCC1)S(C)(=O)=O. The Morgan fingerprint density at radius 2 is 1.68 bits per heavy atom. The molecule has 0 bridgehead atoms. The van der Waals surface area contributed by atoms with Crippen molar-refractivity contribution in [3.05, 3.63) is 60.2 Å². The van der Waals surface area contributed by atoms with Gasteiger partial charge in [-0.05, 0) is 57.2 Å². The molecule has 208 valence electrons. The van der Waals surface area contributed by atoms with Crippen LogP contribution in [0.3, 0.4) is 0 Å². The molecule has 0 aliphatic heterocycles. The molecule has 9 heteroatoms. The van der Waals surface area contributed by atoms with E-state index in [2.05, 4.69) is 5.32 Å². The van der Waals surface area contributed by atoms with Crippen LogP contribution >= 0.6 is 0 Å². The zero-order valence-electron chi connectivity index (χ0n) is 22.8. The normalized spacial score (nSPS) is 14.6. The molecule has 38 heavy (non-hydrogen) atoms. The molecule has 8 nitrogen and oxygen atoms in total. The van der Waals surface area contributed by atoms with Gasteiger partial charge in [0, 0.05) is 25.6 Å². The van der Waals surface area contributed by atoms with Gasteiger partial charge in [0.25, 0.3) is 0 Å². The van der Waals surface area contributed by atoms with Crippen molar-refractivity contribution in [1.82, 2.24) is 10.2 Å². The van der Waals surface area contributed by atoms with Gasteiger partial charge in [-0.3, -0.25) is 13.9 Å². The van der Waals surface area contributed by atoms with E-state index in [0.717, 1.165) is 37.5 Å².